The van der Waals surface area contributed by atoms with Crippen LogP contribution in [-0.2, 0) is 16.0 Å². The van der Waals surface area contributed by atoms with Gasteiger partial charge < -0.3 is 25.3 Å². The molecule has 0 bridgehead atoms. The van der Waals surface area contributed by atoms with E-state index in [0.717, 1.165) is 19.4 Å². The smallest absolute Gasteiger partial charge is 0.406 e. The molecule has 0 amide bonds. The van der Waals surface area contributed by atoms with E-state index >= 15 is 0 Å². The molecule has 0 saturated heterocycles. The van der Waals surface area contributed by atoms with E-state index in [1.54, 1.807) is 0 Å². The molecule has 0 fully saturated rings. The third-order valence-corrected chi connectivity index (χ3v) is 3.16. The minimum atomic E-state index is -4.70. The second-order valence-corrected chi connectivity index (χ2v) is 5.40. The van der Waals surface area contributed by atoms with E-state index in [-0.39, 0.29) is 42.2 Å². The van der Waals surface area contributed by atoms with Gasteiger partial charge >= 0.3 is 6.36 Å². The number of nitrogens with zero attached hydrogens (tertiary/aromatic N) is 1. The van der Waals surface area contributed by atoms with Crippen LogP contribution in [0.15, 0.2) is 29.3 Å². The first-order valence-electron chi connectivity index (χ1n) is 8.44. The number of benzene rings is 1. The fourth-order valence-corrected chi connectivity index (χ4v) is 1.85. The molecule has 1 aromatic carbocycles. The molecule has 0 aromatic heterocycles. The summed E-state index contributed by atoms with van der Waals surface area (Å²) < 4.78 is 50.8. The highest BCUT2D eigenvalue weighted by Crippen LogP contribution is 2.22. The van der Waals surface area contributed by atoms with E-state index in [2.05, 4.69) is 22.0 Å². The summed E-state index contributed by atoms with van der Waals surface area (Å²) in [5.74, 6) is -0.0319. The summed E-state index contributed by atoms with van der Waals surface area (Å²) >= 11 is 0. The Labute approximate surface area is 174 Å². The Morgan fingerprint density at radius 3 is 2.30 bits per heavy atom. The van der Waals surface area contributed by atoms with Crippen LogP contribution in [0.4, 0.5) is 13.2 Å². The van der Waals surface area contributed by atoms with Crippen molar-refractivity contribution in [1.29, 1.82) is 0 Å². The molecule has 0 unspecified atom stereocenters. The van der Waals surface area contributed by atoms with Crippen molar-refractivity contribution >= 4 is 29.9 Å². The Kier molecular flexibility index (Phi) is 14.1. The predicted molar refractivity (Wildman–Crippen MR) is 108 cm³/mol. The van der Waals surface area contributed by atoms with E-state index in [0.29, 0.717) is 31.9 Å². The average Bonchev–Trinajstić information content (AvgIpc) is 2.58. The maximum atomic E-state index is 12.1. The van der Waals surface area contributed by atoms with Gasteiger partial charge in [-0.2, -0.15) is 0 Å². The van der Waals surface area contributed by atoms with Gasteiger partial charge in [-0.05, 0) is 24.1 Å². The summed E-state index contributed by atoms with van der Waals surface area (Å²) in [4.78, 5) is 4.11. The highest BCUT2D eigenvalue weighted by Gasteiger charge is 2.30. The van der Waals surface area contributed by atoms with E-state index in [1.165, 1.54) is 24.3 Å². The zero-order valence-electron chi connectivity index (χ0n) is 15.3. The van der Waals surface area contributed by atoms with Gasteiger partial charge in [-0.1, -0.05) is 25.5 Å². The van der Waals surface area contributed by atoms with Crippen molar-refractivity contribution in [1.82, 2.24) is 5.32 Å². The van der Waals surface area contributed by atoms with Gasteiger partial charge in [0.2, 0.25) is 0 Å². The molecule has 0 aliphatic heterocycles. The Hall–Kier alpha value is -1.27. The fraction of sp³-hybridized carbons (Fsp3) is 0.588. The highest BCUT2D eigenvalue weighted by atomic mass is 127. The van der Waals surface area contributed by atoms with Gasteiger partial charge in [0.05, 0.1) is 26.4 Å². The van der Waals surface area contributed by atoms with Crippen molar-refractivity contribution in [2.24, 2.45) is 10.7 Å². The molecule has 0 aliphatic carbocycles. The van der Waals surface area contributed by atoms with Crippen LogP contribution < -0.4 is 15.8 Å². The first-order valence-corrected chi connectivity index (χ1v) is 8.44. The van der Waals surface area contributed by atoms with Gasteiger partial charge in [-0.15, -0.1) is 37.1 Å². The van der Waals surface area contributed by atoms with Crippen LogP contribution in [0.25, 0.3) is 0 Å². The fourth-order valence-electron chi connectivity index (χ4n) is 1.85. The number of halogens is 4. The summed E-state index contributed by atoms with van der Waals surface area (Å²) in [6.07, 6.45) is -2.54. The molecule has 0 radical (unpaired) electrons. The monoisotopic (exact) mass is 505 g/mol. The lowest BCUT2D eigenvalue weighted by atomic mass is 10.2. The minimum absolute atomic E-state index is 0. The average molecular weight is 505 g/mol. The SMILES string of the molecule is CCCCOCCOCCNC(N)=NCc1ccc(OC(F)(F)F)cc1.I. The Morgan fingerprint density at radius 2 is 1.70 bits per heavy atom. The largest absolute Gasteiger partial charge is 0.573 e. The van der Waals surface area contributed by atoms with Crippen LogP contribution in [0.2, 0.25) is 0 Å². The Morgan fingerprint density at radius 1 is 1.07 bits per heavy atom. The van der Waals surface area contributed by atoms with Crippen molar-refractivity contribution in [3.05, 3.63) is 29.8 Å². The molecule has 1 rings (SSSR count). The van der Waals surface area contributed by atoms with E-state index in [1.807, 2.05) is 0 Å². The Bertz CT molecular complexity index is 528. The van der Waals surface area contributed by atoms with Gasteiger partial charge in [0.1, 0.15) is 5.75 Å². The highest BCUT2D eigenvalue weighted by molar-refractivity contribution is 14.0. The molecule has 6 nitrogen and oxygen atoms in total. The molecule has 156 valence electrons. The number of rotatable bonds is 12. The van der Waals surface area contributed by atoms with Crippen molar-refractivity contribution in [2.75, 3.05) is 33.0 Å². The molecule has 0 atom stereocenters. The zero-order valence-corrected chi connectivity index (χ0v) is 17.6. The number of ether oxygens (including phenoxy) is 3. The first kappa shape index (κ1) is 25.7. The van der Waals surface area contributed by atoms with Crippen molar-refractivity contribution < 1.29 is 27.4 Å². The number of unbranched alkanes of at least 4 members (excludes halogenated alkanes) is 1. The molecular formula is C17H27F3IN3O3. The van der Waals surface area contributed by atoms with Gasteiger partial charge in [-0.3, -0.25) is 0 Å². The van der Waals surface area contributed by atoms with E-state index in [4.69, 9.17) is 15.2 Å². The number of guanidine groups is 1. The maximum Gasteiger partial charge on any atom is 0.573 e. The Balaban J connectivity index is 0.00000676. The number of alkyl halides is 3. The lowest BCUT2D eigenvalue weighted by molar-refractivity contribution is -0.274. The van der Waals surface area contributed by atoms with E-state index in [9.17, 15) is 13.2 Å². The van der Waals surface area contributed by atoms with Gasteiger partial charge in [0, 0.05) is 13.2 Å². The zero-order chi connectivity index (χ0) is 19.3. The number of hydrogen-bond acceptors (Lipinski definition) is 4. The van der Waals surface area contributed by atoms with Crippen LogP contribution >= 0.6 is 24.0 Å². The summed E-state index contributed by atoms with van der Waals surface area (Å²) in [6, 6.07) is 5.47. The summed E-state index contributed by atoms with van der Waals surface area (Å²) in [6.45, 7) is 5.17. The van der Waals surface area contributed by atoms with E-state index < -0.39 is 6.36 Å². The summed E-state index contributed by atoms with van der Waals surface area (Å²) in [5, 5.41) is 2.90. The van der Waals surface area contributed by atoms with Gasteiger partial charge in [0.15, 0.2) is 5.96 Å². The maximum absolute atomic E-state index is 12.1. The molecule has 0 aliphatic rings. The van der Waals surface area contributed by atoms with Crippen LogP contribution in [0.3, 0.4) is 0 Å². The lowest BCUT2D eigenvalue weighted by Crippen LogP contribution is -2.34. The predicted octanol–water partition coefficient (Wildman–Crippen LogP) is 3.44. The van der Waals surface area contributed by atoms with Crippen molar-refractivity contribution in [2.45, 2.75) is 32.7 Å². The molecule has 0 spiro atoms. The first-order chi connectivity index (χ1) is 12.4. The molecule has 0 heterocycles. The number of aliphatic imine (C=N–C) groups is 1. The number of nitrogens with one attached hydrogen (secondary N) is 1. The number of nitrogens with two attached hydrogens (primary N) is 1. The topological polar surface area (TPSA) is 78.1 Å². The van der Waals surface area contributed by atoms with Crippen molar-refractivity contribution in [3.8, 4) is 5.75 Å². The molecule has 10 heteroatoms. The van der Waals surface area contributed by atoms with Crippen LogP contribution in [0.1, 0.15) is 25.3 Å². The molecule has 27 heavy (non-hydrogen) atoms. The third kappa shape index (κ3) is 14.5. The standard InChI is InChI=1S/C17H26F3N3O3.HI/c1-2-3-9-24-11-12-25-10-8-22-16(21)23-13-14-4-6-15(7-5-14)26-17(18,19)20;/h4-7H,2-3,8-13H2,1H3,(H3,21,22,23);1H. The second kappa shape index (κ2) is 14.7. The van der Waals surface area contributed by atoms with Crippen LogP contribution in [-0.4, -0.2) is 45.3 Å². The van der Waals surface area contributed by atoms with Crippen LogP contribution in [0, 0.1) is 0 Å². The normalized spacial score (nSPS) is 11.8. The number of hydrogen-bond donors (Lipinski definition) is 2. The second-order valence-electron chi connectivity index (χ2n) is 5.40. The molecule has 1 aromatic rings. The molecular weight excluding hydrogens is 478 g/mol. The summed E-state index contributed by atoms with van der Waals surface area (Å²) in [7, 11) is 0. The van der Waals surface area contributed by atoms with Crippen LogP contribution in [0.5, 0.6) is 5.75 Å². The quantitative estimate of drug-likeness (QED) is 0.197. The summed E-state index contributed by atoms with van der Waals surface area (Å²) in [5.41, 5.74) is 6.43. The minimum Gasteiger partial charge on any atom is -0.406 e. The van der Waals surface area contributed by atoms with Gasteiger partial charge in [0.25, 0.3) is 0 Å². The van der Waals surface area contributed by atoms with Crippen molar-refractivity contribution in [3.63, 3.8) is 0 Å². The van der Waals surface area contributed by atoms with Gasteiger partial charge in [-0.25, -0.2) is 4.99 Å². The molecule has 3 N–H and O–H groups in total. The molecule has 0 saturated carbocycles. The third-order valence-electron chi connectivity index (χ3n) is 3.16. The lowest BCUT2D eigenvalue weighted by Gasteiger charge is -2.09.